The minimum absolute atomic E-state index is 0.0280. The van der Waals surface area contributed by atoms with E-state index in [0.717, 1.165) is 44.7 Å². The zero-order valence-electron chi connectivity index (χ0n) is 11.1. The van der Waals surface area contributed by atoms with E-state index in [-0.39, 0.29) is 5.91 Å². The molecule has 1 aromatic carbocycles. The van der Waals surface area contributed by atoms with Gasteiger partial charge in [0.15, 0.2) is 0 Å². The first-order valence-electron chi connectivity index (χ1n) is 7.01. The number of amides is 1. The molecule has 0 saturated carbocycles. The van der Waals surface area contributed by atoms with Crippen molar-refractivity contribution in [3.8, 4) is 0 Å². The summed E-state index contributed by atoms with van der Waals surface area (Å²) in [4.78, 5) is 12.1. The molecule has 0 aromatic heterocycles. The van der Waals surface area contributed by atoms with Gasteiger partial charge in [0.05, 0.1) is 6.61 Å². The van der Waals surface area contributed by atoms with E-state index in [0.29, 0.717) is 12.5 Å². The van der Waals surface area contributed by atoms with E-state index in [1.165, 1.54) is 11.1 Å². The molecule has 4 nitrogen and oxygen atoms in total. The molecule has 1 atom stereocenters. The molecule has 0 spiro atoms. The summed E-state index contributed by atoms with van der Waals surface area (Å²) in [7, 11) is 0. The number of carbonyl (C=O) groups is 1. The molecule has 0 aliphatic carbocycles. The van der Waals surface area contributed by atoms with E-state index in [2.05, 4.69) is 16.7 Å². The molecule has 2 N–H and O–H groups in total. The summed E-state index contributed by atoms with van der Waals surface area (Å²) in [6, 6.07) is 6.04. The third-order valence-electron chi connectivity index (χ3n) is 3.93. The second-order valence-electron chi connectivity index (χ2n) is 5.35. The largest absolute Gasteiger partial charge is 0.381 e. The van der Waals surface area contributed by atoms with Gasteiger partial charge in [-0.05, 0) is 42.6 Å². The molecule has 1 unspecified atom stereocenters. The molecule has 2 aliphatic heterocycles. The summed E-state index contributed by atoms with van der Waals surface area (Å²) in [5.41, 5.74) is 3.38. The van der Waals surface area contributed by atoms with Crippen molar-refractivity contribution in [3.63, 3.8) is 0 Å². The molecular weight excluding hydrogens is 240 g/mol. The minimum atomic E-state index is 0.0280. The number of nitrogens with one attached hydrogen (secondary N) is 2. The average molecular weight is 260 g/mol. The Balaban J connectivity index is 1.62. The van der Waals surface area contributed by atoms with Crippen molar-refractivity contribution in [1.82, 2.24) is 10.6 Å². The number of ether oxygens (including phenoxy) is 1. The third-order valence-corrected chi connectivity index (χ3v) is 3.93. The van der Waals surface area contributed by atoms with E-state index in [9.17, 15) is 4.79 Å². The maximum absolute atomic E-state index is 12.1. The lowest BCUT2D eigenvalue weighted by atomic mass is 9.98. The molecule has 0 bridgehead atoms. The highest BCUT2D eigenvalue weighted by Gasteiger charge is 2.17. The molecule has 1 amide bonds. The monoisotopic (exact) mass is 260 g/mol. The Labute approximate surface area is 113 Å². The van der Waals surface area contributed by atoms with Crippen LogP contribution in [0.15, 0.2) is 18.2 Å². The number of benzene rings is 1. The highest BCUT2D eigenvalue weighted by atomic mass is 16.5. The molecule has 1 saturated heterocycles. The van der Waals surface area contributed by atoms with Crippen molar-refractivity contribution in [2.75, 3.05) is 26.3 Å². The van der Waals surface area contributed by atoms with Crippen LogP contribution in [-0.4, -0.2) is 32.2 Å². The highest BCUT2D eigenvalue weighted by Crippen LogP contribution is 2.16. The van der Waals surface area contributed by atoms with Crippen LogP contribution in [0, 0.1) is 5.92 Å². The Bertz CT molecular complexity index is 467. The van der Waals surface area contributed by atoms with Crippen molar-refractivity contribution < 1.29 is 9.53 Å². The van der Waals surface area contributed by atoms with Crippen LogP contribution in [0.3, 0.4) is 0 Å². The first kappa shape index (κ1) is 12.6. The zero-order chi connectivity index (χ0) is 13.1. The Morgan fingerprint density at radius 3 is 3.21 bits per heavy atom. The Hall–Kier alpha value is -1.39. The van der Waals surface area contributed by atoms with Gasteiger partial charge in [-0.3, -0.25) is 4.79 Å². The van der Waals surface area contributed by atoms with Gasteiger partial charge in [-0.15, -0.1) is 0 Å². The Morgan fingerprint density at radius 2 is 2.37 bits per heavy atom. The van der Waals surface area contributed by atoms with Crippen LogP contribution in [0.5, 0.6) is 0 Å². The van der Waals surface area contributed by atoms with E-state index in [1.54, 1.807) is 0 Å². The summed E-state index contributed by atoms with van der Waals surface area (Å²) in [5.74, 6) is 0.503. The summed E-state index contributed by atoms with van der Waals surface area (Å²) >= 11 is 0. The lowest BCUT2D eigenvalue weighted by Gasteiger charge is -2.18. The van der Waals surface area contributed by atoms with Crippen molar-refractivity contribution in [2.24, 2.45) is 5.92 Å². The van der Waals surface area contributed by atoms with Gasteiger partial charge in [0.2, 0.25) is 0 Å². The van der Waals surface area contributed by atoms with Crippen LogP contribution in [-0.2, 0) is 17.7 Å². The number of hydrogen-bond donors (Lipinski definition) is 2. The Kier molecular flexibility index (Phi) is 3.80. The molecule has 102 valence electrons. The maximum atomic E-state index is 12.1. The molecule has 2 heterocycles. The first-order chi connectivity index (χ1) is 9.33. The summed E-state index contributed by atoms with van der Waals surface area (Å²) < 4.78 is 5.31. The average Bonchev–Trinajstić information content (AvgIpc) is 2.97. The van der Waals surface area contributed by atoms with Gasteiger partial charge in [0.1, 0.15) is 0 Å². The van der Waals surface area contributed by atoms with Gasteiger partial charge >= 0.3 is 0 Å². The second kappa shape index (κ2) is 5.72. The van der Waals surface area contributed by atoms with E-state index >= 15 is 0 Å². The SMILES string of the molecule is O=C(NCC1CCOC1)c1ccc2c(c1)CNCC2. The van der Waals surface area contributed by atoms with E-state index in [1.807, 2.05) is 12.1 Å². The fraction of sp³-hybridized carbons (Fsp3) is 0.533. The second-order valence-corrected chi connectivity index (χ2v) is 5.35. The topological polar surface area (TPSA) is 50.4 Å². The number of rotatable bonds is 3. The van der Waals surface area contributed by atoms with Gasteiger partial charge in [0.25, 0.3) is 5.91 Å². The van der Waals surface area contributed by atoms with Crippen LogP contribution < -0.4 is 10.6 Å². The summed E-state index contributed by atoms with van der Waals surface area (Å²) in [5, 5.41) is 6.34. The predicted molar refractivity (Wildman–Crippen MR) is 73.1 cm³/mol. The quantitative estimate of drug-likeness (QED) is 0.855. The maximum Gasteiger partial charge on any atom is 0.251 e. The van der Waals surface area contributed by atoms with Crippen molar-refractivity contribution >= 4 is 5.91 Å². The molecule has 3 rings (SSSR count). The van der Waals surface area contributed by atoms with Crippen molar-refractivity contribution in [3.05, 3.63) is 34.9 Å². The van der Waals surface area contributed by atoms with Gasteiger partial charge in [-0.25, -0.2) is 0 Å². The first-order valence-corrected chi connectivity index (χ1v) is 7.01. The smallest absolute Gasteiger partial charge is 0.251 e. The fourth-order valence-corrected chi connectivity index (χ4v) is 2.71. The van der Waals surface area contributed by atoms with Crippen LogP contribution in [0.25, 0.3) is 0 Å². The fourth-order valence-electron chi connectivity index (χ4n) is 2.71. The summed E-state index contributed by atoms with van der Waals surface area (Å²) in [6.07, 6.45) is 2.10. The van der Waals surface area contributed by atoms with Crippen LogP contribution >= 0.6 is 0 Å². The molecule has 4 heteroatoms. The van der Waals surface area contributed by atoms with Gasteiger partial charge in [-0.1, -0.05) is 6.07 Å². The minimum Gasteiger partial charge on any atom is -0.381 e. The van der Waals surface area contributed by atoms with Crippen LogP contribution in [0.1, 0.15) is 27.9 Å². The molecular formula is C15H20N2O2. The zero-order valence-corrected chi connectivity index (χ0v) is 11.1. The van der Waals surface area contributed by atoms with Crippen molar-refractivity contribution in [2.45, 2.75) is 19.4 Å². The summed E-state index contributed by atoms with van der Waals surface area (Å²) in [6.45, 7) is 4.21. The Morgan fingerprint density at radius 1 is 1.42 bits per heavy atom. The molecule has 1 fully saturated rings. The standard InChI is InChI=1S/C15H20N2O2/c18-15(17-8-11-4-6-19-10-11)13-2-1-12-3-5-16-9-14(12)7-13/h1-2,7,11,16H,3-6,8-10H2,(H,17,18). The predicted octanol–water partition coefficient (Wildman–Crippen LogP) is 1.10. The molecule has 2 aliphatic rings. The lowest BCUT2D eigenvalue weighted by Crippen LogP contribution is -2.30. The van der Waals surface area contributed by atoms with Crippen LogP contribution in [0.4, 0.5) is 0 Å². The number of hydrogen-bond acceptors (Lipinski definition) is 3. The normalized spacial score (nSPS) is 22.0. The molecule has 1 aromatic rings. The van der Waals surface area contributed by atoms with Crippen LogP contribution in [0.2, 0.25) is 0 Å². The molecule has 0 radical (unpaired) electrons. The number of fused-ring (bicyclic) bond motifs is 1. The van der Waals surface area contributed by atoms with Gasteiger partial charge < -0.3 is 15.4 Å². The van der Waals surface area contributed by atoms with E-state index < -0.39 is 0 Å². The lowest BCUT2D eigenvalue weighted by molar-refractivity contribution is 0.0945. The highest BCUT2D eigenvalue weighted by molar-refractivity contribution is 5.94. The van der Waals surface area contributed by atoms with E-state index in [4.69, 9.17) is 4.74 Å². The third kappa shape index (κ3) is 2.96. The van der Waals surface area contributed by atoms with Gasteiger partial charge in [0, 0.05) is 31.2 Å². The number of carbonyl (C=O) groups excluding carboxylic acids is 1. The van der Waals surface area contributed by atoms with Crippen molar-refractivity contribution in [1.29, 1.82) is 0 Å². The molecule has 19 heavy (non-hydrogen) atoms. The van der Waals surface area contributed by atoms with Gasteiger partial charge in [-0.2, -0.15) is 0 Å².